The zero-order valence-corrected chi connectivity index (χ0v) is 16.9. The van der Waals surface area contributed by atoms with E-state index >= 15 is 0 Å². The van der Waals surface area contributed by atoms with Crippen LogP contribution >= 0.6 is 0 Å². The molecular formula is C21H25N3O4S. The molecule has 4 rings (SSSR count). The molecule has 154 valence electrons. The molecule has 2 N–H and O–H groups in total. The van der Waals surface area contributed by atoms with Gasteiger partial charge in [-0.15, -0.1) is 0 Å². The summed E-state index contributed by atoms with van der Waals surface area (Å²) in [6.07, 6.45) is 6.67. The van der Waals surface area contributed by atoms with Gasteiger partial charge in [0.15, 0.2) is 0 Å². The lowest BCUT2D eigenvalue weighted by molar-refractivity contribution is -0.137. The lowest BCUT2D eigenvalue weighted by Gasteiger charge is -2.45. The highest BCUT2D eigenvalue weighted by Crippen LogP contribution is 2.41. The van der Waals surface area contributed by atoms with E-state index in [2.05, 4.69) is 4.98 Å². The molecule has 7 nitrogen and oxygen atoms in total. The summed E-state index contributed by atoms with van der Waals surface area (Å²) in [5.74, 6) is 1.16. The van der Waals surface area contributed by atoms with E-state index in [1.165, 1.54) is 12.6 Å². The molecule has 8 heteroatoms. The van der Waals surface area contributed by atoms with Crippen molar-refractivity contribution in [1.29, 1.82) is 0 Å². The zero-order valence-electron chi connectivity index (χ0n) is 16.1. The minimum Gasteiger partial charge on any atom is -0.439 e. The van der Waals surface area contributed by atoms with Crippen molar-refractivity contribution in [3.8, 4) is 11.6 Å². The van der Waals surface area contributed by atoms with Gasteiger partial charge >= 0.3 is 0 Å². The van der Waals surface area contributed by atoms with E-state index in [-0.39, 0.29) is 5.92 Å². The number of aromatic nitrogens is 1. The first-order valence-corrected chi connectivity index (χ1v) is 11.1. The molecule has 0 spiro atoms. The molecule has 1 saturated heterocycles. The smallest absolute Gasteiger partial charge is 0.261 e. The van der Waals surface area contributed by atoms with Gasteiger partial charge in [0.2, 0.25) is 5.88 Å². The fraction of sp³-hybridized carbons (Fsp3) is 0.429. The molecule has 2 aromatic rings. The van der Waals surface area contributed by atoms with Crippen LogP contribution < -0.4 is 10.2 Å². The largest absolute Gasteiger partial charge is 0.439 e. The van der Waals surface area contributed by atoms with Crippen LogP contribution in [0, 0.1) is 11.8 Å². The Kier molecular flexibility index (Phi) is 6.22. The summed E-state index contributed by atoms with van der Waals surface area (Å²) in [6.45, 7) is 0.550. The summed E-state index contributed by atoms with van der Waals surface area (Å²) in [5, 5.41) is 9.27. The van der Waals surface area contributed by atoms with Crippen molar-refractivity contribution in [2.24, 2.45) is 11.8 Å². The van der Waals surface area contributed by atoms with E-state index in [9.17, 15) is 14.2 Å². The summed E-state index contributed by atoms with van der Waals surface area (Å²) in [7, 11) is -1.55. The first-order chi connectivity index (χ1) is 14.2. The molecule has 1 saturated carbocycles. The van der Waals surface area contributed by atoms with E-state index in [0.29, 0.717) is 29.0 Å². The molecule has 2 aliphatic rings. The fourth-order valence-corrected chi connectivity index (χ4v) is 5.84. The van der Waals surface area contributed by atoms with Crippen molar-refractivity contribution in [1.82, 2.24) is 14.8 Å². The molecule has 1 aromatic carbocycles. The Morgan fingerprint density at radius 2 is 1.93 bits per heavy atom. The van der Waals surface area contributed by atoms with E-state index in [1.807, 2.05) is 30.3 Å². The lowest BCUT2D eigenvalue weighted by Crippen LogP contribution is -2.57. The van der Waals surface area contributed by atoms with Crippen LogP contribution in [0.5, 0.6) is 11.6 Å². The number of hydrogen-bond acceptors (Lipinski definition) is 5. The highest BCUT2D eigenvalue weighted by molar-refractivity contribution is 7.82. The fourth-order valence-electron chi connectivity index (χ4n) is 4.51. The molecule has 1 aromatic heterocycles. The number of hydrogen-bond donors (Lipinski definition) is 2. The van der Waals surface area contributed by atoms with Crippen LogP contribution in [0.1, 0.15) is 32.1 Å². The average molecular weight is 416 g/mol. The van der Waals surface area contributed by atoms with Crippen LogP contribution in [-0.4, -0.2) is 37.2 Å². The van der Waals surface area contributed by atoms with Crippen molar-refractivity contribution in [2.45, 2.75) is 43.0 Å². The molecule has 4 atom stereocenters. The molecule has 2 heterocycles. The molecule has 29 heavy (non-hydrogen) atoms. The Balaban J connectivity index is 1.52. The Morgan fingerprint density at radius 1 is 1.14 bits per heavy atom. The van der Waals surface area contributed by atoms with E-state index < -0.39 is 22.9 Å². The van der Waals surface area contributed by atoms with Gasteiger partial charge in [-0.05, 0) is 42.9 Å². The standard InChI is InChI=1S/C21H25N3O4S/c25-21(23-26)20-18-9-5-4-6-15(18)12-13-24(20)29(27)17-10-11-19(22-14-17)28-16-7-2-1-3-8-16/h1-3,7-8,10-11,14-15,18,20,26H,4-6,9,12-13H2,(H,23,25). The van der Waals surface area contributed by atoms with E-state index in [4.69, 9.17) is 4.74 Å². The molecule has 0 radical (unpaired) electrons. The van der Waals surface area contributed by atoms with Crippen LogP contribution in [0.2, 0.25) is 0 Å². The minimum absolute atomic E-state index is 0.113. The number of fused-ring (bicyclic) bond motifs is 1. The number of nitrogens with one attached hydrogen (secondary N) is 1. The highest BCUT2D eigenvalue weighted by atomic mass is 32.2. The monoisotopic (exact) mass is 415 g/mol. The first-order valence-electron chi connectivity index (χ1n) is 9.99. The van der Waals surface area contributed by atoms with Crippen molar-refractivity contribution >= 4 is 16.9 Å². The van der Waals surface area contributed by atoms with Gasteiger partial charge in [-0.3, -0.25) is 10.0 Å². The van der Waals surface area contributed by atoms with Crippen LogP contribution in [0.3, 0.4) is 0 Å². The summed E-state index contributed by atoms with van der Waals surface area (Å²) >= 11 is 0. The third-order valence-corrected chi connectivity index (χ3v) is 7.35. The van der Waals surface area contributed by atoms with Gasteiger partial charge in [-0.1, -0.05) is 37.5 Å². The Morgan fingerprint density at radius 3 is 2.66 bits per heavy atom. The number of carbonyl (C=O) groups is 1. The van der Waals surface area contributed by atoms with Crippen LogP contribution in [0.4, 0.5) is 0 Å². The SMILES string of the molecule is O=C(NO)C1C2CCCCC2CCN1S(=O)c1ccc(Oc2ccccc2)nc1. The number of para-hydroxylation sites is 1. The summed E-state index contributed by atoms with van der Waals surface area (Å²) in [6, 6.07) is 12.1. The van der Waals surface area contributed by atoms with E-state index in [0.717, 1.165) is 25.7 Å². The highest BCUT2D eigenvalue weighted by Gasteiger charge is 2.45. The average Bonchev–Trinajstić information content (AvgIpc) is 2.78. The summed E-state index contributed by atoms with van der Waals surface area (Å²) in [5.41, 5.74) is 1.79. The van der Waals surface area contributed by atoms with Gasteiger partial charge in [-0.2, -0.15) is 0 Å². The number of rotatable bonds is 5. The normalized spacial score (nSPS) is 25.6. The predicted molar refractivity (Wildman–Crippen MR) is 108 cm³/mol. The number of hydroxylamine groups is 1. The number of amides is 1. The maximum absolute atomic E-state index is 13.3. The third-order valence-electron chi connectivity index (χ3n) is 5.87. The Hall–Kier alpha value is -2.29. The number of ether oxygens (including phenoxy) is 1. The maximum Gasteiger partial charge on any atom is 0.261 e. The second-order valence-corrected chi connectivity index (χ2v) is 8.99. The number of piperidine rings is 1. The van der Waals surface area contributed by atoms with Crippen molar-refractivity contribution in [3.05, 3.63) is 48.7 Å². The Labute approximate surface area is 172 Å². The van der Waals surface area contributed by atoms with Crippen LogP contribution in [-0.2, 0) is 15.8 Å². The van der Waals surface area contributed by atoms with Gasteiger partial charge in [0, 0.05) is 18.8 Å². The minimum atomic E-state index is -1.55. The molecule has 1 aliphatic carbocycles. The lowest BCUT2D eigenvalue weighted by atomic mass is 9.71. The molecule has 0 bridgehead atoms. The Bertz CT molecular complexity index is 862. The first kappa shape index (κ1) is 20.0. The molecule has 1 aliphatic heterocycles. The number of carbonyl (C=O) groups excluding carboxylic acids is 1. The third kappa shape index (κ3) is 4.34. The predicted octanol–water partition coefficient (Wildman–Crippen LogP) is 3.28. The number of benzene rings is 1. The second kappa shape index (κ2) is 9.02. The topological polar surface area (TPSA) is 91.8 Å². The molecule has 2 fully saturated rings. The molecule has 4 unspecified atom stereocenters. The number of pyridine rings is 1. The van der Waals surface area contributed by atoms with Crippen molar-refractivity contribution in [2.75, 3.05) is 6.54 Å². The van der Waals surface area contributed by atoms with Gasteiger partial charge in [0.25, 0.3) is 5.91 Å². The summed E-state index contributed by atoms with van der Waals surface area (Å²) < 4.78 is 20.7. The van der Waals surface area contributed by atoms with Crippen molar-refractivity contribution in [3.63, 3.8) is 0 Å². The van der Waals surface area contributed by atoms with E-state index in [1.54, 1.807) is 21.9 Å². The second-order valence-electron chi connectivity index (χ2n) is 7.56. The van der Waals surface area contributed by atoms with Crippen LogP contribution in [0.15, 0.2) is 53.6 Å². The maximum atomic E-state index is 13.3. The van der Waals surface area contributed by atoms with Gasteiger partial charge in [-0.25, -0.2) is 19.0 Å². The van der Waals surface area contributed by atoms with Crippen LogP contribution in [0.25, 0.3) is 0 Å². The summed E-state index contributed by atoms with van der Waals surface area (Å²) in [4.78, 5) is 17.2. The van der Waals surface area contributed by atoms with Gasteiger partial charge < -0.3 is 4.74 Å². The van der Waals surface area contributed by atoms with Gasteiger partial charge in [0.05, 0.1) is 4.90 Å². The molecule has 1 amide bonds. The molecular weight excluding hydrogens is 390 g/mol. The van der Waals surface area contributed by atoms with Crippen molar-refractivity contribution < 1.29 is 18.9 Å². The van der Waals surface area contributed by atoms with Gasteiger partial charge in [0.1, 0.15) is 22.8 Å². The quantitative estimate of drug-likeness (QED) is 0.578. The zero-order chi connectivity index (χ0) is 20.2. The number of nitrogens with zero attached hydrogens (tertiary/aromatic N) is 2.